The van der Waals surface area contributed by atoms with E-state index >= 15 is 0 Å². The molecule has 1 aliphatic carbocycles. The van der Waals surface area contributed by atoms with Gasteiger partial charge in [-0.1, -0.05) is 11.6 Å². The van der Waals surface area contributed by atoms with E-state index in [2.05, 4.69) is 10.6 Å². The number of carbonyl (C=O) groups excluding carboxylic acids is 1. The highest BCUT2D eigenvalue weighted by molar-refractivity contribution is 6.31. The van der Waals surface area contributed by atoms with Crippen molar-refractivity contribution < 1.29 is 4.79 Å². The average molecular weight is 253 g/mol. The first-order valence-electron chi connectivity index (χ1n) is 5.94. The Hall–Kier alpha value is -1.06. The first kappa shape index (κ1) is 12.4. The molecule has 0 heterocycles. The van der Waals surface area contributed by atoms with Gasteiger partial charge in [0, 0.05) is 29.7 Å². The van der Waals surface area contributed by atoms with E-state index in [4.69, 9.17) is 11.6 Å². The molecule has 0 aromatic heterocycles. The molecule has 1 saturated carbocycles. The summed E-state index contributed by atoms with van der Waals surface area (Å²) in [6.07, 6.45) is 2.53. The number of amides is 1. The minimum atomic E-state index is -0.0619. The van der Waals surface area contributed by atoms with Gasteiger partial charge in [-0.3, -0.25) is 4.79 Å². The number of hydrogen-bond donors (Lipinski definition) is 2. The molecule has 92 valence electrons. The van der Waals surface area contributed by atoms with Gasteiger partial charge in [-0.05, 0) is 43.5 Å². The molecule has 1 aromatic rings. The van der Waals surface area contributed by atoms with Crippen LogP contribution in [0.2, 0.25) is 5.02 Å². The lowest BCUT2D eigenvalue weighted by Crippen LogP contribution is -2.32. The Morgan fingerprint density at radius 1 is 1.35 bits per heavy atom. The summed E-state index contributed by atoms with van der Waals surface area (Å²) in [5.41, 5.74) is 1.63. The molecule has 0 bridgehead atoms. The van der Waals surface area contributed by atoms with Crippen molar-refractivity contribution in [2.45, 2.75) is 25.8 Å². The number of hydrogen-bond acceptors (Lipinski definition) is 2. The fraction of sp³-hybridized carbons (Fsp3) is 0.462. The third-order valence-corrected chi connectivity index (χ3v) is 2.94. The monoisotopic (exact) mass is 252 g/mol. The van der Waals surface area contributed by atoms with Crippen LogP contribution in [0.3, 0.4) is 0 Å². The molecule has 2 N–H and O–H groups in total. The maximum Gasteiger partial charge on any atom is 0.251 e. The van der Waals surface area contributed by atoms with Crippen LogP contribution >= 0.6 is 11.6 Å². The second-order valence-electron chi connectivity index (χ2n) is 4.50. The van der Waals surface area contributed by atoms with Gasteiger partial charge in [-0.2, -0.15) is 0 Å². The minimum absolute atomic E-state index is 0.0619. The zero-order valence-electron chi connectivity index (χ0n) is 9.92. The highest BCUT2D eigenvalue weighted by Gasteiger charge is 2.19. The Morgan fingerprint density at radius 2 is 2.12 bits per heavy atom. The van der Waals surface area contributed by atoms with Crippen molar-refractivity contribution in [2.24, 2.45) is 0 Å². The van der Waals surface area contributed by atoms with Crippen molar-refractivity contribution in [3.63, 3.8) is 0 Å². The van der Waals surface area contributed by atoms with Gasteiger partial charge in [-0.15, -0.1) is 0 Å². The number of nitrogens with one attached hydrogen (secondary N) is 2. The normalized spacial score (nSPS) is 14.7. The standard InChI is InChI=1S/C13H17ClN2O/c1-9-6-10(8-11(14)7-9)13(17)16-5-4-15-12-2-3-12/h6-8,12,15H,2-5H2,1H3,(H,16,17). The summed E-state index contributed by atoms with van der Waals surface area (Å²) >= 11 is 5.91. The van der Waals surface area contributed by atoms with Crippen molar-refractivity contribution in [1.82, 2.24) is 10.6 Å². The molecular formula is C13H17ClN2O. The zero-order chi connectivity index (χ0) is 12.3. The molecule has 0 saturated heterocycles. The Kier molecular flexibility index (Phi) is 4.02. The lowest BCUT2D eigenvalue weighted by molar-refractivity contribution is 0.0954. The van der Waals surface area contributed by atoms with E-state index < -0.39 is 0 Å². The Labute approximate surface area is 107 Å². The van der Waals surface area contributed by atoms with E-state index in [1.165, 1.54) is 12.8 Å². The first-order valence-corrected chi connectivity index (χ1v) is 6.32. The molecule has 0 aliphatic heterocycles. The third kappa shape index (κ3) is 4.02. The van der Waals surface area contributed by atoms with Gasteiger partial charge >= 0.3 is 0 Å². The summed E-state index contributed by atoms with van der Waals surface area (Å²) < 4.78 is 0. The van der Waals surface area contributed by atoms with E-state index in [9.17, 15) is 4.79 Å². The molecule has 1 fully saturated rings. The topological polar surface area (TPSA) is 41.1 Å². The Morgan fingerprint density at radius 3 is 2.76 bits per heavy atom. The van der Waals surface area contributed by atoms with E-state index in [1.54, 1.807) is 6.07 Å². The minimum Gasteiger partial charge on any atom is -0.351 e. The predicted molar refractivity (Wildman–Crippen MR) is 69.5 cm³/mol. The fourth-order valence-corrected chi connectivity index (χ4v) is 2.00. The molecule has 1 aliphatic rings. The highest BCUT2D eigenvalue weighted by atomic mass is 35.5. The molecule has 17 heavy (non-hydrogen) atoms. The largest absolute Gasteiger partial charge is 0.351 e. The van der Waals surface area contributed by atoms with Crippen molar-refractivity contribution in [2.75, 3.05) is 13.1 Å². The maximum atomic E-state index is 11.8. The zero-order valence-corrected chi connectivity index (χ0v) is 10.7. The van der Waals surface area contributed by atoms with Crippen LogP contribution in [0.4, 0.5) is 0 Å². The van der Waals surface area contributed by atoms with Crippen LogP contribution in [0.25, 0.3) is 0 Å². The molecule has 0 radical (unpaired) electrons. The summed E-state index contributed by atoms with van der Waals surface area (Å²) in [6, 6.07) is 6.06. The van der Waals surface area contributed by atoms with Crippen molar-refractivity contribution >= 4 is 17.5 Å². The van der Waals surface area contributed by atoms with Crippen LogP contribution in [0.1, 0.15) is 28.8 Å². The van der Waals surface area contributed by atoms with Crippen LogP contribution < -0.4 is 10.6 Å². The summed E-state index contributed by atoms with van der Waals surface area (Å²) in [5.74, 6) is -0.0619. The maximum absolute atomic E-state index is 11.8. The number of carbonyl (C=O) groups is 1. The SMILES string of the molecule is Cc1cc(Cl)cc(C(=O)NCCNC2CC2)c1. The van der Waals surface area contributed by atoms with Gasteiger partial charge in [0.25, 0.3) is 5.91 Å². The van der Waals surface area contributed by atoms with Crippen molar-refractivity contribution in [3.05, 3.63) is 34.3 Å². The molecule has 4 heteroatoms. The van der Waals surface area contributed by atoms with Gasteiger partial charge in [0.2, 0.25) is 0 Å². The van der Waals surface area contributed by atoms with Gasteiger partial charge in [0.1, 0.15) is 0 Å². The molecular weight excluding hydrogens is 236 g/mol. The average Bonchev–Trinajstić information content (AvgIpc) is 3.06. The van der Waals surface area contributed by atoms with Crippen LogP contribution in [0.15, 0.2) is 18.2 Å². The van der Waals surface area contributed by atoms with Gasteiger partial charge in [0.15, 0.2) is 0 Å². The van der Waals surface area contributed by atoms with Crippen LogP contribution in [-0.4, -0.2) is 25.0 Å². The van der Waals surface area contributed by atoms with Crippen molar-refractivity contribution in [3.8, 4) is 0 Å². The van der Waals surface area contributed by atoms with E-state index in [0.717, 1.165) is 12.1 Å². The number of aryl methyl sites for hydroxylation is 1. The highest BCUT2D eigenvalue weighted by Crippen LogP contribution is 2.18. The summed E-state index contributed by atoms with van der Waals surface area (Å²) in [7, 11) is 0. The predicted octanol–water partition coefficient (Wildman–Crippen LogP) is 2.13. The van der Waals surface area contributed by atoms with Gasteiger partial charge < -0.3 is 10.6 Å². The molecule has 0 unspecified atom stereocenters. The second kappa shape index (κ2) is 5.52. The van der Waals surface area contributed by atoms with Gasteiger partial charge in [-0.25, -0.2) is 0 Å². The summed E-state index contributed by atoms with van der Waals surface area (Å²) in [5, 5.41) is 6.82. The number of rotatable bonds is 5. The van der Waals surface area contributed by atoms with Crippen molar-refractivity contribution in [1.29, 1.82) is 0 Å². The molecule has 1 aromatic carbocycles. The quantitative estimate of drug-likeness (QED) is 0.789. The molecule has 1 amide bonds. The summed E-state index contributed by atoms with van der Waals surface area (Å²) in [4.78, 5) is 11.8. The Balaban J connectivity index is 1.80. The van der Waals surface area contributed by atoms with Crippen LogP contribution in [0.5, 0.6) is 0 Å². The number of benzene rings is 1. The number of halogens is 1. The molecule has 0 atom stereocenters. The first-order chi connectivity index (χ1) is 8.15. The third-order valence-electron chi connectivity index (χ3n) is 2.73. The van der Waals surface area contributed by atoms with E-state index in [0.29, 0.717) is 23.2 Å². The van der Waals surface area contributed by atoms with E-state index in [-0.39, 0.29) is 5.91 Å². The molecule has 0 spiro atoms. The fourth-order valence-electron chi connectivity index (χ4n) is 1.71. The summed E-state index contributed by atoms with van der Waals surface area (Å²) in [6.45, 7) is 3.41. The van der Waals surface area contributed by atoms with E-state index in [1.807, 2.05) is 19.1 Å². The molecule has 3 nitrogen and oxygen atoms in total. The lowest BCUT2D eigenvalue weighted by atomic mass is 10.1. The lowest BCUT2D eigenvalue weighted by Gasteiger charge is -2.07. The van der Waals surface area contributed by atoms with Crippen LogP contribution in [-0.2, 0) is 0 Å². The van der Waals surface area contributed by atoms with Crippen LogP contribution in [0, 0.1) is 6.92 Å². The van der Waals surface area contributed by atoms with Gasteiger partial charge in [0.05, 0.1) is 0 Å². The molecule has 2 rings (SSSR count). The smallest absolute Gasteiger partial charge is 0.251 e. The Bertz CT molecular complexity index is 396. The second-order valence-corrected chi connectivity index (χ2v) is 4.94.